The Hall–Kier alpha value is -1.32. The fourth-order valence-corrected chi connectivity index (χ4v) is 1.70. The van der Waals surface area contributed by atoms with E-state index in [0.29, 0.717) is 27.8 Å². The molecule has 0 spiro atoms. The molecule has 5 heteroatoms. The lowest BCUT2D eigenvalue weighted by molar-refractivity contribution is -0.120. The smallest absolute Gasteiger partial charge is 0.298 e. The van der Waals surface area contributed by atoms with E-state index in [1.54, 1.807) is 18.2 Å². The highest BCUT2D eigenvalue weighted by Gasteiger charge is 2.05. The van der Waals surface area contributed by atoms with Crippen molar-refractivity contribution in [3.8, 4) is 5.75 Å². The first-order chi connectivity index (χ1) is 7.22. The Balaban J connectivity index is 2.69. The third-order valence-corrected chi connectivity index (χ3v) is 2.55. The van der Waals surface area contributed by atoms with Crippen LogP contribution in [-0.2, 0) is 4.79 Å². The molecular weight excluding hydrogens is 237 g/mol. The zero-order chi connectivity index (χ0) is 10.8. The fraction of sp³-hybridized carbons (Fsp3) is 0. The van der Waals surface area contributed by atoms with Crippen LogP contribution in [0, 0.1) is 0 Å². The molecule has 2 aromatic rings. The number of aromatic nitrogens is 1. The number of carbonyl (C=O) groups excluding carboxylic acids is 1. The average Bonchev–Trinajstić information content (AvgIpc) is 2.24. The van der Waals surface area contributed by atoms with Gasteiger partial charge in [-0.2, -0.15) is 0 Å². The normalized spacial score (nSPS) is 10.3. The van der Waals surface area contributed by atoms with Crippen LogP contribution in [0.15, 0.2) is 24.4 Å². The molecule has 0 fully saturated rings. The summed E-state index contributed by atoms with van der Waals surface area (Å²) in [6.07, 6.45) is 1.48. The largest absolute Gasteiger partial charge is 0.429 e. The van der Waals surface area contributed by atoms with Crippen LogP contribution in [0.25, 0.3) is 10.8 Å². The molecule has 3 nitrogen and oxygen atoms in total. The average molecular weight is 242 g/mol. The van der Waals surface area contributed by atoms with Gasteiger partial charge in [0.25, 0.3) is 6.47 Å². The number of hydrogen-bond donors (Lipinski definition) is 0. The summed E-state index contributed by atoms with van der Waals surface area (Å²) in [5, 5.41) is 2.26. The third kappa shape index (κ3) is 1.89. The van der Waals surface area contributed by atoms with E-state index in [1.807, 2.05) is 0 Å². The van der Waals surface area contributed by atoms with E-state index in [4.69, 9.17) is 27.9 Å². The lowest BCUT2D eigenvalue weighted by atomic mass is 10.2. The van der Waals surface area contributed by atoms with Crippen LogP contribution in [0.2, 0.25) is 10.2 Å². The number of hydrogen-bond acceptors (Lipinski definition) is 3. The van der Waals surface area contributed by atoms with Crippen LogP contribution < -0.4 is 4.74 Å². The highest BCUT2D eigenvalue weighted by atomic mass is 35.5. The minimum atomic E-state index is 0.325. The van der Waals surface area contributed by atoms with E-state index in [-0.39, 0.29) is 0 Å². The number of fused-ring (bicyclic) bond motifs is 1. The summed E-state index contributed by atoms with van der Waals surface area (Å²) in [5.74, 6) is 0.406. The standard InChI is InChI=1S/C10H5Cl2NO2/c11-9-4-13-10(12)8-3-6(15-5-14)1-2-7(8)9/h1-5H. The van der Waals surface area contributed by atoms with Gasteiger partial charge in [0.05, 0.1) is 5.02 Å². The van der Waals surface area contributed by atoms with Crippen molar-refractivity contribution in [2.24, 2.45) is 0 Å². The number of halogens is 2. The number of ether oxygens (including phenoxy) is 1. The molecule has 1 aromatic carbocycles. The summed E-state index contributed by atoms with van der Waals surface area (Å²) in [4.78, 5) is 14.1. The van der Waals surface area contributed by atoms with Gasteiger partial charge in [-0.05, 0) is 18.2 Å². The number of pyridine rings is 1. The SMILES string of the molecule is O=COc1ccc2c(Cl)cnc(Cl)c2c1. The Morgan fingerprint density at radius 2 is 2.07 bits per heavy atom. The molecule has 0 bridgehead atoms. The zero-order valence-corrected chi connectivity index (χ0v) is 8.92. The second kappa shape index (κ2) is 4.04. The van der Waals surface area contributed by atoms with E-state index in [9.17, 15) is 4.79 Å². The molecule has 0 saturated carbocycles. The van der Waals surface area contributed by atoms with E-state index >= 15 is 0 Å². The molecule has 0 saturated heterocycles. The predicted molar refractivity (Wildman–Crippen MR) is 58.5 cm³/mol. The van der Waals surface area contributed by atoms with Crippen molar-refractivity contribution in [3.05, 3.63) is 34.6 Å². The van der Waals surface area contributed by atoms with Gasteiger partial charge >= 0.3 is 0 Å². The summed E-state index contributed by atoms with van der Waals surface area (Å²) in [5.41, 5.74) is 0. The number of carbonyl (C=O) groups is 1. The minimum Gasteiger partial charge on any atom is -0.429 e. The Morgan fingerprint density at radius 1 is 1.27 bits per heavy atom. The lowest BCUT2D eigenvalue weighted by Gasteiger charge is -2.03. The molecule has 0 amide bonds. The van der Waals surface area contributed by atoms with Gasteiger partial charge in [-0.1, -0.05) is 23.2 Å². The number of rotatable bonds is 2. The highest BCUT2D eigenvalue weighted by Crippen LogP contribution is 2.30. The maximum atomic E-state index is 10.2. The van der Waals surface area contributed by atoms with Crippen molar-refractivity contribution in [1.29, 1.82) is 0 Å². The van der Waals surface area contributed by atoms with Gasteiger partial charge in [0.15, 0.2) is 0 Å². The second-order valence-electron chi connectivity index (χ2n) is 2.82. The molecule has 0 N–H and O–H groups in total. The highest BCUT2D eigenvalue weighted by molar-refractivity contribution is 6.39. The summed E-state index contributed by atoms with van der Waals surface area (Å²) in [6.45, 7) is 0.354. The molecule has 2 rings (SSSR count). The van der Waals surface area contributed by atoms with Crippen molar-refractivity contribution >= 4 is 40.4 Å². The maximum Gasteiger partial charge on any atom is 0.298 e. The van der Waals surface area contributed by atoms with E-state index < -0.39 is 0 Å². The molecule has 15 heavy (non-hydrogen) atoms. The quantitative estimate of drug-likeness (QED) is 0.600. The van der Waals surface area contributed by atoms with E-state index in [1.165, 1.54) is 6.20 Å². The summed E-state index contributed by atoms with van der Waals surface area (Å²) in [6, 6.07) is 4.98. The van der Waals surface area contributed by atoms with Crippen LogP contribution >= 0.6 is 23.2 Å². The molecule has 1 aromatic heterocycles. The van der Waals surface area contributed by atoms with E-state index in [0.717, 1.165) is 5.39 Å². The predicted octanol–water partition coefficient (Wildman–Crippen LogP) is 3.08. The lowest BCUT2D eigenvalue weighted by Crippen LogP contribution is -1.89. The molecule has 0 aliphatic rings. The molecule has 1 heterocycles. The van der Waals surface area contributed by atoms with Gasteiger partial charge in [0.2, 0.25) is 0 Å². The second-order valence-corrected chi connectivity index (χ2v) is 3.58. The van der Waals surface area contributed by atoms with Crippen LogP contribution in [0.3, 0.4) is 0 Å². The molecule has 0 radical (unpaired) electrons. The van der Waals surface area contributed by atoms with Crippen LogP contribution in [0.1, 0.15) is 0 Å². The number of benzene rings is 1. The maximum absolute atomic E-state index is 10.2. The van der Waals surface area contributed by atoms with Crippen molar-refractivity contribution in [2.75, 3.05) is 0 Å². The first kappa shape index (κ1) is 10.2. The van der Waals surface area contributed by atoms with Crippen LogP contribution in [0.5, 0.6) is 5.75 Å². The Labute approximate surface area is 95.6 Å². The Morgan fingerprint density at radius 3 is 2.80 bits per heavy atom. The van der Waals surface area contributed by atoms with Crippen molar-refractivity contribution in [1.82, 2.24) is 4.98 Å². The molecule has 0 aliphatic heterocycles. The molecule has 0 atom stereocenters. The van der Waals surface area contributed by atoms with Gasteiger partial charge in [-0.15, -0.1) is 0 Å². The Kier molecular flexibility index (Phi) is 2.75. The van der Waals surface area contributed by atoms with Crippen molar-refractivity contribution < 1.29 is 9.53 Å². The summed E-state index contributed by atoms with van der Waals surface area (Å²) < 4.78 is 4.70. The molecule has 0 unspecified atom stereocenters. The van der Waals surface area contributed by atoms with E-state index in [2.05, 4.69) is 4.98 Å². The van der Waals surface area contributed by atoms with Crippen LogP contribution in [-0.4, -0.2) is 11.5 Å². The third-order valence-electron chi connectivity index (χ3n) is 1.95. The van der Waals surface area contributed by atoms with Crippen molar-refractivity contribution in [2.45, 2.75) is 0 Å². The monoisotopic (exact) mass is 241 g/mol. The van der Waals surface area contributed by atoms with Crippen LogP contribution in [0.4, 0.5) is 0 Å². The minimum absolute atomic E-state index is 0.325. The number of nitrogens with zero attached hydrogens (tertiary/aromatic N) is 1. The summed E-state index contributed by atoms with van der Waals surface area (Å²) in [7, 11) is 0. The Bertz CT molecular complexity index is 528. The summed E-state index contributed by atoms with van der Waals surface area (Å²) >= 11 is 11.8. The topological polar surface area (TPSA) is 39.2 Å². The van der Waals surface area contributed by atoms with Crippen molar-refractivity contribution in [3.63, 3.8) is 0 Å². The van der Waals surface area contributed by atoms with Gasteiger partial charge in [0, 0.05) is 17.0 Å². The van der Waals surface area contributed by atoms with Gasteiger partial charge in [-0.3, -0.25) is 4.79 Å². The first-order valence-corrected chi connectivity index (χ1v) is 4.82. The van der Waals surface area contributed by atoms with Gasteiger partial charge in [-0.25, -0.2) is 4.98 Å². The molecular formula is C10H5Cl2NO2. The van der Waals surface area contributed by atoms with Gasteiger partial charge < -0.3 is 4.74 Å². The fourth-order valence-electron chi connectivity index (χ4n) is 1.28. The first-order valence-electron chi connectivity index (χ1n) is 4.06. The zero-order valence-electron chi connectivity index (χ0n) is 7.41. The molecule has 0 aliphatic carbocycles. The van der Waals surface area contributed by atoms with Gasteiger partial charge in [0.1, 0.15) is 10.9 Å². The molecule has 76 valence electrons.